The fourth-order valence-corrected chi connectivity index (χ4v) is 1.69. The van der Waals surface area contributed by atoms with Gasteiger partial charge in [0.1, 0.15) is 5.56 Å². The van der Waals surface area contributed by atoms with Gasteiger partial charge in [-0.2, -0.15) is 0 Å². The fourth-order valence-electron chi connectivity index (χ4n) is 1.69. The van der Waals surface area contributed by atoms with Crippen molar-refractivity contribution in [3.05, 3.63) is 56.7 Å². The minimum Gasteiger partial charge on any atom is -0.493 e. The average molecular weight is 275 g/mol. The van der Waals surface area contributed by atoms with Crippen LogP contribution in [0.3, 0.4) is 0 Å². The van der Waals surface area contributed by atoms with Gasteiger partial charge in [-0.1, -0.05) is 18.2 Å². The van der Waals surface area contributed by atoms with Crippen LogP contribution in [-0.2, 0) is 0 Å². The van der Waals surface area contributed by atoms with E-state index in [9.17, 15) is 14.7 Å². The molecule has 7 heteroatoms. The Kier molecular flexibility index (Phi) is 4.11. The lowest BCUT2D eigenvalue weighted by atomic mass is 10.3. The first-order chi connectivity index (χ1) is 9.65. The summed E-state index contributed by atoms with van der Waals surface area (Å²) in [6.07, 6.45) is 1.13. The molecule has 1 aromatic heterocycles. The number of H-pyrrole nitrogens is 1. The van der Waals surface area contributed by atoms with E-state index in [2.05, 4.69) is 9.98 Å². The minimum atomic E-state index is -0.738. The molecule has 0 spiro atoms. The predicted octanol–water partition coefficient (Wildman–Crippen LogP) is -0.357. The summed E-state index contributed by atoms with van der Waals surface area (Å²) in [6.45, 7) is -0.0726. The van der Waals surface area contributed by atoms with Gasteiger partial charge >= 0.3 is 5.69 Å². The highest BCUT2D eigenvalue weighted by molar-refractivity contribution is 5.82. The normalized spacial score (nSPS) is 11.1. The van der Waals surface area contributed by atoms with Crippen molar-refractivity contribution in [3.8, 4) is 11.6 Å². The van der Waals surface area contributed by atoms with Gasteiger partial charge < -0.3 is 10.2 Å². The zero-order chi connectivity index (χ0) is 14.5. The highest BCUT2D eigenvalue weighted by atomic mass is 16.3. The molecule has 0 amide bonds. The molecule has 3 N–H and O–H groups in total. The number of rotatable bonds is 4. The third kappa shape index (κ3) is 2.67. The number of nitrogens with one attached hydrogen (secondary N) is 1. The van der Waals surface area contributed by atoms with Crippen LogP contribution < -0.4 is 11.2 Å². The first kappa shape index (κ1) is 13.8. The summed E-state index contributed by atoms with van der Waals surface area (Å²) in [4.78, 5) is 29.3. The highest BCUT2D eigenvalue weighted by Crippen LogP contribution is 2.14. The Morgan fingerprint density at radius 1 is 1.25 bits per heavy atom. The Hall–Kier alpha value is -2.67. The molecule has 0 radical (unpaired) electrons. The lowest BCUT2D eigenvalue weighted by molar-refractivity contribution is 0.307. The molecule has 0 saturated carbocycles. The molecule has 2 aromatic rings. The van der Waals surface area contributed by atoms with E-state index in [-0.39, 0.29) is 18.7 Å². The number of hydrogen-bond acceptors (Lipinski definition) is 5. The summed E-state index contributed by atoms with van der Waals surface area (Å²) >= 11 is 0. The van der Waals surface area contributed by atoms with Crippen molar-refractivity contribution >= 4 is 6.21 Å². The molecule has 2 rings (SSSR count). The number of aromatic nitrogens is 2. The van der Waals surface area contributed by atoms with Crippen molar-refractivity contribution in [3.63, 3.8) is 0 Å². The molecular formula is C13H13N3O4. The molecule has 1 heterocycles. The second-order valence-electron chi connectivity index (χ2n) is 3.93. The zero-order valence-corrected chi connectivity index (χ0v) is 10.5. The Balaban J connectivity index is 2.62. The molecule has 0 aliphatic rings. The Morgan fingerprint density at radius 3 is 2.60 bits per heavy atom. The fraction of sp³-hybridized carbons (Fsp3) is 0.154. The third-order valence-electron chi connectivity index (χ3n) is 2.58. The van der Waals surface area contributed by atoms with Crippen molar-refractivity contribution in [1.29, 1.82) is 0 Å². The first-order valence-electron chi connectivity index (χ1n) is 5.89. The van der Waals surface area contributed by atoms with Crippen molar-refractivity contribution < 1.29 is 10.2 Å². The number of aromatic amines is 1. The van der Waals surface area contributed by atoms with Gasteiger partial charge in [0, 0.05) is 6.21 Å². The second kappa shape index (κ2) is 5.98. The maximum absolute atomic E-state index is 11.8. The van der Waals surface area contributed by atoms with Gasteiger partial charge in [0.15, 0.2) is 0 Å². The van der Waals surface area contributed by atoms with E-state index in [0.717, 1.165) is 10.8 Å². The van der Waals surface area contributed by atoms with Gasteiger partial charge in [0.25, 0.3) is 5.56 Å². The molecule has 0 aliphatic heterocycles. The van der Waals surface area contributed by atoms with Gasteiger partial charge in [-0.05, 0) is 12.1 Å². The number of nitrogens with zero attached hydrogens (tertiary/aromatic N) is 2. The minimum absolute atomic E-state index is 0.101. The smallest absolute Gasteiger partial charge is 0.335 e. The van der Waals surface area contributed by atoms with Crippen molar-refractivity contribution in [2.75, 3.05) is 13.2 Å². The van der Waals surface area contributed by atoms with E-state index >= 15 is 0 Å². The molecule has 0 aliphatic carbocycles. The molecule has 0 atom stereocenters. The third-order valence-corrected chi connectivity index (χ3v) is 2.58. The van der Waals surface area contributed by atoms with Crippen LogP contribution in [0.1, 0.15) is 5.56 Å². The zero-order valence-electron chi connectivity index (χ0n) is 10.5. The molecule has 20 heavy (non-hydrogen) atoms. The monoisotopic (exact) mass is 275 g/mol. The van der Waals surface area contributed by atoms with Crippen LogP contribution in [0.2, 0.25) is 0 Å². The van der Waals surface area contributed by atoms with Crippen LogP contribution in [0.4, 0.5) is 0 Å². The number of aliphatic imine (C=N–C) groups is 1. The number of hydrogen-bond donors (Lipinski definition) is 3. The van der Waals surface area contributed by atoms with Gasteiger partial charge in [-0.25, -0.2) is 9.36 Å². The Morgan fingerprint density at radius 2 is 1.95 bits per heavy atom. The number of aromatic hydroxyl groups is 1. The summed E-state index contributed by atoms with van der Waals surface area (Å²) in [5, 5.41) is 18.7. The van der Waals surface area contributed by atoms with E-state index in [1.165, 1.54) is 0 Å². The molecule has 0 bridgehead atoms. The summed E-state index contributed by atoms with van der Waals surface area (Å²) in [7, 11) is 0. The summed E-state index contributed by atoms with van der Waals surface area (Å²) in [6, 6.07) is 8.40. The molecular weight excluding hydrogens is 262 g/mol. The Labute approximate surface area is 113 Å². The lowest BCUT2D eigenvalue weighted by Gasteiger charge is -2.09. The van der Waals surface area contributed by atoms with E-state index in [4.69, 9.17) is 5.11 Å². The lowest BCUT2D eigenvalue weighted by Crippen LogP contribution is -2.31. The quantitative estimate of drug-likeness (QED) is 0.662. The molecule has 0 saturated heterocycles. The number of para-hydroxylation sites is 1. The van der Waals surface area contributed by atoms with E-state index < -0.39 is 17.1 Å². The first-order valence-corrected chi connectivity index (χ1v) is 5.89. The SMILES string of the molecule is O=c1[nH]c(=O)n(-c2ccccc2)c(O)c1C=NCCO. The van der Waals surface area contributed by atoms with Crippen molar-refractivity contribution in [2.45, 2.75) is 0 Å². The largest absolute Gasteiger partial charge is 0.493 e. The maximum atomic E-state index is 11.8. The number of aliphatic hydroxyl groups is 1. The van der Waals surface area contributed by atoms with Gasteiger partial charge in [0.2, 0.25) is 5.88 Å². The highest BCUT2D eigenvalue weighted by Gasteiger charge is 2.13. The van der Waals surface area contributed by atoms with Crippen LogP contribution in [0.5, 0.6) is 5.88 Å². The van der Waals surface area contributed by atoms with Crippen LogP contribution in [0.15, 0.2) is 44.9 Å². The van der Waals surface area contributed by atoms with Crippen LogP contribution in [-0.4, -0.2) is 39.1 Å². The standard InChI is InChI=1S/C13H13N3O4/c17-7-6-14-8-10-11(18)15-13(20)16(12(10)19)9-4-2-1-3-5-9/h1-5,8,17,19H,6-7H2,(H,15,18,20). The summed E-state index contributed by atoms with van der Waals surface area (Å²) in [5.74, 6) is -0.494. The van der Waals surface area contributed by atoms with Gasteiger partial charge in [-0.15, -0.1) is 0 Å². The second-order valence-corrected chi connectivity index (χ2v) is 3.93. The van der Waals surface area contributed by atoms with E-state index in [1.807, 2.05) is 0 Å². The summed E-state index contributed by atoms with van der Waals surface area (Å²) in [5.41, 5.74) is -1.19. The Bertz CT molecular complexity index is 732. The van der Waals surface area contributed by atoms with E-state index in [0.29, 0.717) is 5.69 Å². The summed E-state index contributed by atoms with van der Waals surface area (Å²) < 4.78 is 0.974. The van der Waals surface area contributed by atoms with Gasteiger partial charge in [-0.3, -0.25) is 14.8 Å². The topological polar surface area (TPSA) is 108 Å². The van der Waals surface area contributed by atoms with Crippen LogP contribution >= 0.6 is 0 Å². The van der Waals surface area contributed by atoms with Crippen LogP contribution in [0, 0.1) is 0 Å². The molecule has 0 fully saturated rings. The predicted molar refractivity (Wildman–Crippen MR) is 73.9 cm³/mol. The molecule has 7 nitrogen and oxygen atoms in total. The maximum Gasteiger partial charge on any atom is 0.335 e. The van der Waals surface area contributed by atoms with Crippen LogP contribution in [0.25, 0.3) is 5.69 Å². The van der Waals surface area contributed by atoms with E-state index in [1.54, 1.807) is 30.3 Å². The number of aliphatic hydroxyl groups excluding tert-OH is 1. The van der Waals surface area contributed by atoms with Crippen molar-refractivity contribution in [2.24, 2.45) is 4.99 Å². The molecule has 104 valence electrons. The van der Waals surface area contributed by atoms with Gasteiger partial charge in [0.05, 0.1) is 18.8 Å². The average Bonchev–Trinajstić information content (AvgIpc) is 2.43. The number of benzene rings is 1. The van der Waals surface area contributed by atoms with Crippen molar-refractivity contribution in [1.82, 2.24) is 9.55 Å². The molecule has 0 unspecified atom stereocenters. The molecule has 1 aromatic carbocycles.